The highest BCUT2D eigenvalue weighted by molar-refractivity contribution is 9.10. The Morgan fingerprint density at radius 1 is 0.972 bits per heavy atom. The fraction of sp³-hybridized carbons (Fsp3) is 0.259. The molecule has 1 fully saturated rings. The fourth-order valence-electron chi connectivity index (χ4n) is 4.13. The molecule has 0 bridgehead atoms. The fourth-order valence-corrected chi connectivity index (χ4v) is 4.40. The van der Waals surface area contributed by atoms with Gasteiger partial charge in [-0.1, -0.05) is 22.4 Å². The van der Waals surface area contributed by atoms with Crippen LogP contribution in [0, 0.1) is 0 Å². The number of aromatic nitrogens is 3. The minimum absolute atomic E-state index is 0.199. The van der Waals surface area contributed by atoms with Crippen molar-refractivity contribution in [3.63, 3.8) is 0 Å². The van der Waals surface area contributed by atoms with E-state index in [0.717, 1.165) is 40.7 Å². The van der Waals surface area contributed by atoms with E-state index in [0.29, 0.717) is 29.7 Å². The Kier molecular flexibility index (Phi) is 7.68. The molecule has 2 aromatic heterocycles. The van der Waals surface area contributed by atoms with Gasteiger partial charge >= 0.3 is 0 Å². The highest BCUT2D eigenvalue weighted by atomic mass is 79.9. The number of fused-ring (bicyclic) bond motifs is 1. The number of carbonyl (C=O) groups is 1. The summed E-state index contributed by atoms with van der Waals surface area (Å²) < 4.78 is 7.02. The first-order chi connectivity index (χ1) is 17.6. The van der Waals surface area contributed by atoms with Crippen molar-refractivity contribution in [2.45, 2.75) is 19.3 Å². The number of likely N-dealkylation sites (tertiary alicyclic amines) is 1. The molecule has 9 heteroatoms. The summed E-state index contributed by atoms with van der Waals surface area (Å²) in [6, 6.07) is 16.8. The minimum Gasteiger partial charge on any atom is -0.457 e. The van der Waals surface area contributed by atoms with Crippen LogP contribution in [0.5, 0.6) is 11.5 Å². The van der Waals surface area contributed by atoms with Crippen molar-refractivity contribution >= 4 is 44.4 Å². The molecule has 1 amide bonds. The van der Waals surface area contributed by atoms with Gasteiger partial charge in [0, 0.05) is 47.1 Å². The highest BCUT2D eigenvalue weighted by Crippen LogP contribution is 2.26. The molecule has 2 N–H and O–H groups in total. The molecule has 2 aromatic carbocycles. The quantitative estimate of drug-likeness (QED) is 0.299. The largest absolute Gasteiger partial charge is 0.457 e. The van der Waals surface area contributed by atoms with Crippen molar-refractivity contribution < 1.29 is 9.53 Å². The first kappa shape index (κ1) is 24.1. The molecule has 0 atom stereocenters. The summed E-state index contributed by atoms with van der Waals surface area (Å²) >= 11 is 3.43. The Morgan fingerprint density at radius 2 is 1.78 bits per heavy atom. The van der Waals surface area contributed by atoms with Crippen molar-refractivity contribution in [3.05, 3.63) is 77.2 Å². The first-order valence-electron chi connectivity index (χ1n) is 12.1. The zero-order chi connectivity index (χ0) is 24.7. The Hall–Kier alpha value is -3.56. The Labute approximate surface area is 218 Å². The Balaban J connectivity index is 1.20. The molecule has 0 aliphatic carbocycles. The number of pyridine rings is 1. The summed E-state index contributed by atoms with van der Waals surface area (Å²) in [6.45, 7) is 3.69. The van der Waals surface area contributed by atoms with Gasteiger partial charge in [0.2, 0.25) is 5.95 Å². The zero-order valence-corrected chi connectivity index (χ0v) is 21.4. The molecule has 1 aliphatic heterocycles. The van der Waals surface area contributed by atoms with E-state index in [1.807, 2.05) is 42.5 Å². The molecule has 5 rings (SSSR count). The van der Waals surface area contributed by atoms with Gasteiger partial charge < -0.3 is 20.3 Å². The molecule has 1 saturated heterocycles. The van der Waals surface area contributed by atoms with Gasteiger partial charge in [-0.15, -0.1) is 0 Å². The lowest BCUT2D eigenvalue weighted by atomic mass is 10.1. The maximum absolute atomic E-state index is 12.6. The summed E-state index contributed by atoms with van der Waals surface area (Å²) in [7, 11) is 0. The molecule has 8 nitrogen and oxygen atoms in total. The van der Waals surface area contributed by atoms with Gasteiger partial charge in [0.15, 0.2) is 0 Å². The molecule has 4 aromatic rings. The SMILES string of the molecule is O=C(NCCN1CCCCC1)c1cc(Oc2ccc3nc(Nc4ccc(Br)cc4)ncc3c2)ccn1. The van der Waals surface area contributed by atoms with Gasteiger partial charge in [0.1, 0.15) is 17.2 Å². The monoisotopic (exact) mass is 546 g/mol. The van der Waals surface area contributed by atoms with E-state index in [1.165, 1.54) is 19.3 Å². The number of hydrogen-bond acceptors (Lipinski definition) is 7. The van der Waals surface area contributed by atoms with Crippen LogP contribution in [-0.2, 0) is 0 Å². The molecule has 0 saturated carbocycles. The topological polar surface area (TPSA) is 92.3 Å². The number of piperidine rings is 1. The van der Waals surface area contributed by atoms with Gasteiger partial charge in [-0.2, -0.15) is 0 Å². The Bertz CT molecular complexity index is 1340. The first-order valence-corrected chi connectivity index (χ1v) is 12.9. The lowest BCUT2D eigenvalue weighted by Crippen LogP contribution is -2.37. The van der Waals surface area contributed by atoms with Crippen LogP contribution in [0.15, 0.2) is 71.5 Å². The average molecular weight is 547 g/mol. The maximum atomic E-state index is 12.6. The second kappa shape index (κ2) is 11.5. The van der Waals surface area contributed by atoms with Crippen LogP contribution in [0.3, 0.4) is 0 Å². The molecule has 36 heavy (non-hydrogen) atoms. The smallest absolute Gasteiger partial charge is 0.270 e. The second-order valence-corrected chi connectivity index (χ2v) is 9.60. The third kappa shape index (κ3) is 6.35. The third-order valence-electron chi connectivity index (χ3n) is 6.01. The van der Waals surface area contributed by atoms with Crippen molar-refractivity contribution in [1.82, 2.24) is 25.2 Å². The Morgan fingerprint density at radius 3 is 2.61 bits per heavy atom. The number of rotatable bonds is 8. The molecule has 1 aliphatic rings. The van der Waals surface area contributed by atoms with Crippen LogP contribution in [-0.4, -0.2) is 51.9 Å². The van der Waals surface area contributed by atoms with E-state index >= 15 is 0 Å². The normalized spacial score (nSPS) is 13.9. The van der Waals surface area contributed by atoms with Crippen molar-refractivity contribution in [1.29, 1.82) is 0 Å². The van der Waals surface area contributed by atoms with E-state index in [1.54, 1.807) is 24.5 Å². The molecule has 0 radical (unpaired) electrons. The molecule has 184 valence electrons. The number of halogens is 1. The molecular weight excluding hydrogens is 520 g/mol. The predicted molar refractivity (Wildman–Crippen MR) is 144 cm³/mol. The third-order valence-corrected chi connectivity index (χ3v) is 6.54. The number of nitrogens with one attached hydrogen (secondary N) is 2. The van der Waals surface area contributed by atoms with Crippen molar-refractivity contribution in [2.24, 2.45) is 0 Å². The van der Waals surface area contributed by atoms with E-state index in [9.17, 15) is 4.79 Å². The number of anilines is 2. The maximum Gasteiger partial charge on any atom is 0.270 e. The second-order valence-electron chi connectivity index (χ2n) is 8.68. The van der Waals surface area contributed by atoms with E-state index in [2.05, 4.69) is 46.4 Å². The van der Waals surface area contributed by atoms with Crippen LogP contribution in [0.1, 0.15) is 29.8 Å². The summed E-state index contributed by atoms with van der Waals surface area (Å²) in [6.07, 6.45) is 7.11. The molecule has 0 spiro atoms. The van der Waals surface area contributed by atoms with Crippen LogP contribution in [0.2, 0.25) is 0 Å². The van der Waals surface area contributed by atoms with Crippen LogP contribution < -0.4 is 15.4 Å². The number of amides is 1. The van der Waals surface area contributed by atoms with E-state index in [4.69, 9.17) is 4.74 Å². The van der Waals surface area contributed by atoms with Crippen LogP contribution in [0.4, 0.5) is 11.6 Å². The van der Waals surface area contributed by atoms with Gasteiger partial charge in [-0.3, -0.25) is 9.78 Å². The predicted octanol–water partition coefficient (Wildman–Crippen LogP) is 5.54. The number of benzene rings is 2. The summed E-state index contributed by atoms with van der Waals surface area (Å²) in [5.41, 5.74) is 2.03. The molecule has 3 heterocycles. The summed E-state index contributed by atoms with van der Waals surface area (Å²) in [4.78, 5) is 28.2. The minimum atomic E-state index is -0.199. The number of carbonyl (C=O) groups excluding carboxylic acids is 1. The summed E-state index contributed by atoms with van der Waals surface area (Å²) in [5.74, 6) is 1.49. The number of nitrogens with zero attached hydrogens (tertiary/aromatic N) is 4. The van der Waals surface area contributed by atoms with Gasteiger partial charge in [-0.05, 0) is 74.5 Å². The van der Waals surface area contributed by atoms with Crippen LogP contribution in [0.25, 0.3) is 10.9 Å². The van der Waals surface area contributed by atoms with Gasteiger partial charge in [-0.25, -0.2) is 9.97 Å². The average Bonchev–Trinajstić information content (AvgIpc) is 2.91. The number of hydrogen-bond donors (Lipinski definition) is 2. The van der Waals surface area contributed by atoms with Crippen molar-refractivity contribution in [3.8, 4) is 11.5 Å². The molecular formula is C27H27BrN6O2. The van der Waals surface area contributed by atoms with E-state index < -0.39 is 0 Å². The highest BCUT2D eigenvalue weighted by Gasteiger charge is 2.12. The standard InChI is InChI=1S/C27H27BrN6O2/c28-20-4-6-21(7-5-20)32-27-31-18-19-16-22(8-9-24(19)33-27)36-23-10-11-29-25(17-23)26(35)30-12-15-34-13-2-1-3-14-34/h4-11,16-18H,1-3,12-15H2,(H,30,35)(H,31,32,33). The lowest BCUT2D eigenvalue weighted by molar-refractivity contribution is 0.0941. The van der Waals surface area contributed by atoms with E-state index in [-0.39, 0.29) is 5.91 Å². The van der Waals surface area contributed by atoms with Crippen molar-refractivity contribution in [2.75, 3.05) is 31.5 Å². The lowest BCUT2D eigenvalue weighted by Gasteiger charge is -2.26. The molecule has 0 unspecified atom stereocenters. The van der Waals surface area contributed by atoms with Gasteiger partial charge in [0.25, 0.3) is 5.91 Å². The summed E-state index contributed by atoms with van der Waals surface area (Å²) in [5, 5.41) is 7.02. The van der Waals surface area contributed by atoms with Gasteiger partial charge in [0.05, 0.1) is 5.52 Å². The zero-order valence-electron chi connectivity index (χ0n) is 19.8. The van der Waals surface area contributed by atoms with Crippen LogP contribution >= 0.6 is 15.9 Å². The number of ether oxygens (including phenoxy) is 1.